The molecule has 54 heavy (non-hydrogen) atoms. The fraction of sp³-hybridized carbons (Fsp3) is 0.275. The Balaban J connectivity index is 1.18. The molecule has 0 radical (unpaired) electrons. The van der Waals surface area contributed by atoms with Crippen LogP contribution in [-0.4, -0.2) is 53.8 Å². The van der Waals surface area contributed by atoms with E-state index in [0.29, 0.717) is 22.2 Å². The number of aromatic nitrogens is 6. The lowest BCUT2D eigenvalue weighted by atomic mass is 9.95. The van der Waals surface area contributed by atoms with Gasteiger partial charge in [-0.25, -0.2) is 9.36 Å². The van der Waals surface area contributed by atoms with Crippen molar-refractivity contribution in [2.45, 2.75) is 70.1 Å². The topological polar surface area (TPSA) is 153 Å². The van der Waals surface area contributed by atoms with E-state index in [4.69, 9.17) is 16.0 Å². The van der Waals surface area contributed by atoms with Crippen LogP contribution in [-0.2, 0) is 22.6 Å². The quantitative estimate of drug-likeness (QED) is 0.139. The van der Waals surface area contributed by atoms with Crippen molar-refractivity contribution >= 4 is 35.0 Å². The lowest BCUT2D eigenvalue weighted by Crippen LogP contribution is -2.49. The van der Waals surface area contributed by atoms with Crippen LogP contribution >= 0.6 is 11.6 Å². The maximum Gasteiger partial charge on any atom is 0.273 e. The van der Waals surface area contributed by atoms with Crippen molar-refractivity contribution in [2.75, 3.05) is 4.90 Å². The van der Waals surface area contributed by atoms with Crippen molar-refractivity contribution in [1.82, 2.24) is 40.6 Å². The van der Waals surface area contributed by atoms with Crippen molar-refractivity contribution in [3.05, 3.63) is 143 Å². The van der Waals surface area contributed by atoms with E-state index in [9.17, 15) is 9.59 Å². The zero-order valence-electron chi connectivity index (χ0n) is 29.7. The number of hydrogen-bond donors (Lipinski definition) is 2. The zero-order valence-corrected chi connectivity index (χ0v) is 30.5. The number of aryl methyl sites for hydroxylation is 1. The molecule has 13 nitrogen and oxygen atoms in total. The summed E-state index contributed by atoms with van der Waals surface area (Å²) in [6, 6.07) is 25.3. The Bertz CT molecular complexity index is 2160. The predicted octanol–water partition coefficient (Wildman–Crippen LogP) is 6.35. The lowest BCUT2D eigenvalue weighted by Gasteiger charge is -2.34. The first-order chi connectivity index (χ1) is 26.3. The highest BCUT2D eigenvalue weighted by Crippen LogP contribution is 2.33. The molecule has 0 saturated heterocycles. The van der Waals surface area contributed by atoms with Gasteiger partial charge in [-0.15, -0.1) is 10.2 Å². The molecule has 2 N–H and O–H groups in total. The maximum atomic E-state index is 15.2. The molecule has 0 spiro atoms. The third kappa shape index (κ3) is 8.58. The molecule has 0 bridgehead atoms. The summed E-state index contributed by atoms with van der Waals surface area (Å²) in [6.45, 7) is 2.01. The van der Waals surface area contributed by atoms with E-state index in [0.717, 1.165) is 48.9 Å². The van der Waals surface area contributed by atoms with Gasteiger partial charge < -0.3 is 15.1 Å². The first-order valence-electron chi connectivity index (χ1n) is 18.0. The van der Waals surface area contributed by atoms with Gasteiger partial charge in [0.25, 0.3) is 17.7 Å². The summed E-state index contributed by atoms with van der Waals surface area (Å²) in [5.41, 5.74) is 3.75. The highest BCUT2D eigenvalue weighted by molar-refractivity contribution is 6.30. The van der Waals surface area contributed by atoms with Crippen LogP contribution in [0.25, 0.3) is 5.69 Å². The van der Waals surface area contributed by atoms with Crippen LogP contribution in [0.3, 0.4) is 0 Å². The number of carbonyl (C=O) groups excluding carboxylic acids is 3. The van der Waals surface area contributed by atoms with Crippen molar-refractivity contribution in [2.24, 2.45) is 0 Å². The fourth-order valence-electron chi connectivity index (χ4n) is 6.64. The number of amides is 3. The van der Waals surface area contributed by atoms with Crippen LogP contribution in [0.5, 0.6) is 0 Å². The molecule has 14 heteroatoms. The minimum Gasteiger partial charge on any atom is -0.467 e. The van der Waals surface area contributed by atoms with Gasteiger partial charge in [0.15, 0.2) is 11.7 Å². The van der Waals surface area contributed by atoms with Gasteiger partial charge >= 0.3 is 0 Å². The number of benzene rings is 3. The van der Waals surface area contributed by atoms with Crippen molar-refractivity contribution in [3.8, 4) is 5.69 Å². The van der Waals surface area contributed by atoms with E-state index in [1.165, 1.54) is 20.5 Å². The van der Waals surface area contributed by atoms with E-state index in [1.807, 2.05) is 61.5 Å². The third-order valence-corrected chi connectivity index (χ3v) is 9.75. The Kier molecular flexibility index (Phi) is 11.2. The predicted molar refractivity (Wildman–Crippen MR) is 202 cm³/mol. The molecule has 6 aromatic rings. The number of nitrogens with zero attached hydrogens (tertiary/aromatic N) is 7. The summed E-state index contributed by atoms with van der Waals surface area (Å²) in [5, 5.41) is 23.3. The second-order valence-electron chi connectivity index (χ2n) is 13.4. The average Bonchev–Trinajstić information content (AvgIpc) is 4.00. The number of hydrogen-bond acceptors (Lipinski definition) is 8. The average molecular weight is 746 g/mol. The first-order valence-corrected chi connectivity index (χ1v) is 18.3. The number of anilines is 1. The highest BCUT2D eigenvalue weighted by Gasteiger charge is 2.40. The first kappa shape index (κ1) is 36.3. The summed E-state index contributed by atoms with van der Waals surface area (Å²) in [5.74, 6) is -0.903. The van der Waals surface area contributed by atoms with E-state index >= 15 is 4.79 Å². The molecule has 2 atom stereocenters. The van der Waals surface area contributed by atoms with E-state index in [-0.39, 0.29) is 30.6 Å². The summed E-state index contributed by atoms with van der Waals surface area (Å²) >= 11 is 6.30. The van der Waals surface area contributed by atoms with E-state index in [2.05, 4.69) is 31.3 Å². The van der Waals surface area contributed by atoms with Gasteiger partial charge in [0.2, 0.25) is 0 Å². The number of furan rings is 1. The normalized spacial score (nSPS) is 14.3. The largest absolute Gasteiger partial charge is 0.467 e. The molecular formula is C40H40ClN9O4. The third-order valence-electron chi connectivity index (χ3n) is 9.50. The number of nitrogens with one attached hydrogen (secondary N) is 2. The molecular weight excluding hydrogens is 706 g/mol. The standard InChI is InChI=1S/C40H40ClN9O4/c1-27-14-18-32(19-15-27)48-26-34(45-47-48)38(51)42-24-31-25-49(46-44-31)35(23-28-9-4-2-5-10-28)40(53)50(33-20-16-29(41)17-21-33)37(36-13-8-22-54-36)39(52)43-30-11-6-3-7-12-30/h2,4-5,8-10,13-22,25-26,30,35,37H,3,6-7,11-12,23-24H2,1H3,(H,42,51)(H,43,52). The molecule has 1 fully saturated rings. The van der Waals surface area contributed by atoms with Crippen LogP contribution in [0.1, 0.15) is 77.3 Å². The van der Waals surface area contributed by atoms with Crippen LogP contribution in [0, 0.1) is 6.92 Å². The molecule has 1 aliphatic carbocycles. The minimum absolute atomic E-state index is 0.00812. The Hall–Kier alpha value is -6.08. The Labute approximate surface area is 317 Å². The van der Waals surface area contributed by atoms with Crippen LogP contribution in [0.15, 0.2) is 114 Å². The van der Waals surface area contributed by atoms with Gasteiger partial charge in [0, 0.05) is 23.2 Å². The molecule has 2 unspecified atom stereocenters. The fourth-order valence-corrected chi connectivity index (χ4v) is 6.77. The van der Waals surface area contributed by atoms with Gasteiger partial charge in [-0.05, 0) is 73.9 Å². The monoisotopic (exact) mass is 745 g/mol. The molecule has 7 rings (SSSR count). The highest BCUT2D eigenvalue weighted by atomic mass is 35.5. The van der Waals surface area contributed by atoms with Crippen molar-refractivity contribution < 1.29 is 18.8 Å². The van der Waals surface area contributed by atoms with Crippen LogP contribution in [0.4, 0.5) is 5.69 Å². The Morgan fingerprint density at radius 2 is 1.65 bits per heavy atom. The molecule has 3 heterocycles. The van der Waals surface area contributed by atoms with Crippen molar-refractivity contribution in [3.63, 3.8) is 0 Å². The molecule has 0 aliphatic heterocycles. The summed E-state index contributed by atoms with van der Waals surface area (Å²) in [6.07, 6.45) is 9.81. The second kappa shape index (κ2) is 16.7. The Morgan fingerprint density at radius 1 is 0.889 bits per heavy atom. The molecule has 3 aromatic heterocycles. The Morgan fingerprint density at radius 3 is 2.37 bits per heavy atom. The summed E-state index contributed by atoms with van der Waals surface area (Å²) in [4.78, 5) is 44.0. The van der Waals surface area contributed by atoms with Gasteiger partial charge in [0.05, 0.1) is 30.9 Å². The molecule has 3 aromatic carbocycles. The maximum absolute atomic E-state index is 15.2. The molecule has 1 saturated carbocycles. The van der Waals surface area contributed by atoms with Crippen LogP contribution < -0.4 is 15.5 Å². The second-order valence-corrected chi connectivity index (χ2v) is 13.8. The van der Waals surface area contributed by atoms with Gasteiger partial charge in [-0.3, -0.25) is 19.3 Å². The number of halogens is 1. The van der Waals surface area contributed by atoms with Gasteiger partial charge in [-0.2, -0.15) is 0 Å². The minimum atomic E-state index is -1.13. The smallest absolute Gasteiger partial charge is 0.273 e. The van der Waals surface area contributed by atoms with E-state index in [1.54, 1.807) is 48.8 Å². The molecule has 276 valence electrons. The van der Waals surface area contributed by atoms with Gasteiger partial charge in [0.1, 0.15) is 17.5 Å². The molecule has 3 amide bonds. The SMILES string of the molecule is Cc1ccc(-n2cc(C(=O)NCc3cn(C(Cc4ccccc4)C(=O)N(c4ccc(Cl)cc4)C(C(=O)NC4CCCCC4)c4ccco4)nn3)nn2)cc1. The van der Waals surface area contributed by atoms with Crippen molar-refractivity contribution in [1.29, 1.82) is 0 Å². The lowest BCUT2D eigenvalue weighted by molar-refractivity contribution is -0.129. The zero-order chi connectivity index (χ0) is 37.4. The summed E-state index contributed by atoms with van der Waals surface area (Å²) < 4.78 is 8.85. The van der Waals surface area contributed by atoms with Crippen LogP contribution in [0.2, 0.25) is 5.02 Å². The number of rotatable bonds is 13. The number of carbonyl (C=O) groups is 3. The van der Waals surface area contributed by atoms with E-state index < -0.39 is 23.9 Å². The van der Waals surface area contributed by atoms with Gasteiger partial charge in [-0.1, -0.05) is 89.3 Å². The molecule has 1 aliphatic rings. The summed E-state index contributed by atoms with van der Waals surface area (Å²) in [7, 11) is 0.